The van der Waals surface area contributed by atoms with Crippen LogP contribution in [0.3, 0.4) is 0 Å². The molecule has 0 saturated carbocycles. The van der Waals surface area contributed by atoms with Crippen LogP contribution < -0.4 is 4.74 Å². The Hall–Kier alpha value is -2.41. The molecule has 0 bridgehead atoms. The lowest BCUT2D eigenvalue weighted by atomic mass is 9.99. The molecule has 2 atom stereocenters. The lowest BCUT2D eigenvalue weighted by Crippen LogP contribution is -2.50. The van der Waals surface area contributed by atoms with Crippen molar-refractivity contribution in [2.45, 2.75) is 44.4 Å². The van der Waals surface area contributed by atoms with Crippen molar-refractivity contribution in [3.8, 4) is 5.75 Å². The van der Waals surface area contributed by atoms with E-state index in [0.717, 1.165) is 37.3 Å². The van der Waals surface area contributed by atoms with Gasteiger partial charge < -0.3 is 14.4 Å². The van der Waals surface area contributed by atoms with Crippen LogP contribution in [0.25, 0.3) is 0 Å². The number of carbonyl (C=O) groups excluding carboxylic acids is 1. The summed E-state index contributed by atoms with van der Waals surface area (Å²) in [6, 6.07) is 8.23. The average Bonchev–Trinajstić information content (AvgIpc) is 3.17. The highest BCUT2D eigenvalue weighted by Crippen LogP contribution is 2.30. The molecule has 0 N–H and O–H groups in total. The number of methoxy groups -OCH3 is 1. The largest absolute Gasteiger partial charge is 0.497 e. The van der Waals surface area contributed by atoms with E-state index in [2.05, 4.69) is 22.4 Å². The van der Waals surface area contributed by atoms with Crippen LogP contribution in [0, 0.1) is 0 Å². The Balaban J connectivity index is 1.27. The molecule has 0 spiro atoms. The topological polar surface area (TPSA) is 69.5 Å². The van der Waals surface area contributed by atoms with Gasteiger partial charge in [0.2, 0.25) is 5.91 Å². The number of aromatic nitrogens is 3. The van der Waals surface area contributed by atoms with E-state index in [-0.39, 0.29) is 18.1 Å². The highest BCUT2D eigenvalue weighted by atomic mass is 16.5. The summed E-state index contributed by atoms with van der Waals surface area (Å²) in [6.07, 6.45) is 4.96. The van der Waals surface area contributed by atoms with Crippen molar-refractivity contribution in [3.63, 3.8) is 0 Å². The molecule has 1 fully saturated rings. The molecule has 1 saturated heterocycles. The Morgan fingerprint density at radius 3 is 3.00 bits per heavy atom. The lowest BCUT2D eigenvalue weighted by molar-refractivity contribution is -0.139. The van der Waals surface area contributed by atoms with E-state index in [1.54, 1.807) is 13.3 Å². The van der Waals surface area contributed by atoms with Crippen LogP contribution in [0.2, 0.25) is 0 Å². The fourth-order valence-corrected chi connectivity index (χ4v) is 3.81. The third-order valence-electron chi connectivity index (χ3n) is 5.30. The van der Waals surface area contributed by atoms with E-state index >= 15 is 0 Å². The van der Waals surface area contributed by atoms with Gasteiger partial charge in [-0.05, 0) is 37.0 Å². The highest BCUT2D eigenvalue weighted by Gasteiger charge is 2.37. The first kappa shape index (κ1) is 17.0. The first-order valence-electron chi connectivity index (χ1n) is 9.16. The monoisotopic (exact) mass is 356 g/mol. The maximum absolute atomic E-state index is 12.6. The fraction of sp³-hybridized carbons (Fsp3) is 0.526. The van der Waals surface area contributed by atoms with E-state index in [4.69, 9.17) is 9.47 Å². The van der Waals surface area contributed by atoms with Gasteiger partial charge in [0.15, 0.2) is 0 Å². The van der Waals surface area contributed by atoms with Gasteiger partial charge in [-0.3, -0.25) is 4.79 Å². The SMILES string of the molecule is COc1ccc(CCCC(=O)N2CC[C@@H]3[C@@H](C2)OCc2cnnn23)cc1. The molecule has 7 nitrogen and oxygen atoms in total. The number of likely N-dealkylation sites (tertiary alicyclic amines) is 1. The number of hydrogen-bond acceptors (Lipinski definition) is 5. The van der Waals surface area contributed by atoms with Crippen molar-refractivity contribution in [2.75, 3.05) is 20.2 Å². The molecule has 4 rings (SSSR count). The minimum atomic E-state index is 0.0171. The van der Waals surface area contributed by atoms with Crippen molar-refractivity contribution >= 4 is 5.91 Å². The Morgan fingerprint density at radius 1 is 1.35 bits per heavy atom. The van der Waals surface area contributed by atoms with E-state index in [9.17, 15) is 4.79 Å². The number of carbonyl (C=O) groups is 1. The predicted octanol–water partition coefficient (Wildman–Crippen LogP) is 1.98. The van der Waals surface area contributed by atoms with Gasteiger partial charge in [-0.2, -0.15) is 0 Å². The molecule has 3 heterocycles. The molecule has 2 aromatic rings. The first-order chi connectivity index (χ1) is 12.7. The second kappa shape index (κ2) is 7.45. The number of aryl methyl sites for hydroxylation is 1. The van der Waals surface area contributed by atoms with Gasteiger partial charge >= 0.3 is 0 Å². The molecule has 26 heavy (non-hydrogen) atoms. The maximum atomic E-state index is 12.6. The van der Waals surface area contributed by atoms with Crippen LogP contribution in [0.5, 0.6) is 5.75 Å². The van der Waals surface area contributed by atoms with Gasteiger partial charge in [0.25, 0.3) is 0 Å². The minimum Gasteiger partial charge on any atom is -0.497 e. The Bertz CT molecular complexity index is 758. The minimum absolute atomic E-state index is 0.0171. The fourth-order valence-electron chi connectivity index (χ4n) is 3.81. The third kappa shape index (κ3) is 3.44. The van der Waals surface area contributed by atoms with Crippen molar-refractivity contribution in [1.29, 1.82) is 0 Å². The van der Waals surface area contributed by atoms with E-state index in [1.807, 2.05) is 21.7 Å². The molecule has 2 aliphatic rings. The normalized spacial score (nSPS) is 21.8. The van der Waals surface area contributed by atoms with Crippen molar-refractivity contribution in [1.82, 2.24) is 19.9 Å². The molecule has 1 aromatic heterocycles. The standard InChI is InChI=1S/C19H24N4O3/c1-25-16-7-5-14(6-8-16)3-2-4-19(24)22-10-9-17-18(12-22)26-13-15-11-20-21-23(15)17/h5-8,11,17-18H,2-4,9-10,12-13H2,1H3/t17-,18-/m1/s1. The van der Waals surface area contributed by atoms with Crippen LogP contribution >= 0.6 is 0 Å². The molecule has 2 aliphatic heterocycles. The van der Waals surface area contributed by atoms with E-state index < -0.39 is 0 Å². The molecule has 0 unspecified atom stereocenters. The van der Waals surface area contributed by atoms with Crippen LogP contribution in [0.4, 0.5) is 0 Å². The molecule has 1 amide bonds. The smallest absolute Gasteiger partial charge is 0.222 e. The molecule has 0 aliphatic carbocycles. The highest BCUT2D eigenvalue weighted by molar-refractivity contribution is 5.76. The van der Waals surface area contributed by atoms with Crippen LogP contribution in [-0.4, -0.2) is 52.1 Å². The number of fused-ring (bicyclic) bond motifs is 3. The van der Waals surface area contributed by atoms with E-state index in [1.165, 1.54) is 5.56 Å². The lowest BCUT2D eigenvalue weighted by Gasteiger charge is -2.41. The summed E-state index contributed by atoms with van der Waals surface area (Å²) >= 11 is 0. The molecular formula is C19H24N4O3. The average molecular weight is 356 g/mol. The number of amides is 1. The van der Waals surface area contributed by atoms with Gasteiger partial charge in [0, 0.05) is 19.5 Å². The number of ether oxygens (including phenoxy) is 2. The number of rotatable bonds is 5. The van der Waals surface area contributed by atoms with Gasteiger partial charge in [0.05, 0.1) is 37.8 Å². The Morgan fingerprint density at radius 2 is 2.19 bits per heavy atom. The van der Waals surface area contributed by atoms with Crippen LogP contribution in [-0.2, 0) is 22.6 Å². The summed E-state index contributed by atoms with van der Waals surface area (Å²) in [7, 11) is 1.66. The molecule has 7 heteroatoms. The Kier molecular flexibility index (Phi) is 4.88. The maximum Gasteiger partial charge on any atom is 0.222 e. The van der Waals surface area contributed by atoms with Gasteiger partial charge in [-0.25, -0.2) is 4.68 Å². The van der Waals surface area contributed by atoms with Gasteiger partial charge in [0.1, 0.15) is 5.75 Å². The first-order valence-corrected chi connectivity index (χ1v) is 9.16. The second-order valence-corrected chi connectivity index (χ2v) is 6.92. The Labute approximate surface area is 152 Å². The quantitative estimate of drug-likeness (QED) is 0.819. The van der Waals surface area contributed by atoms with Crippen LogP contribution in [0.15, 0.2) is 30.5 Å². The summed E-state index contributed by atoms with van der Waals surface area (Å²) in [6.45, 7) is 1.92. The zero-order valence-corrected chi connectivity index (χ0v) is 15.0. The summed E-state index contributed by atoms with van der Waals surface area (Å²) in [5, 5.41) is 8.15. The summed E-state index contributed by atoms with van der Waals surface area (Å²) < 4.78 is 13.1. The zero-order chi connectivity index (χ0) is 17.9. The summed E-state index contributed by atoms with van der Waals surface area (Å²) in [4.78, 5) is 14.5. The van der Waals surface area contributed by atoms with Gasteiger partial charge in [-0.15, -0.1) is 5.10 Å². The summed E-state index contributed by atoms with van der Waals surface area (Å²) in [5.74, 6) is 1.07. The van der Waals surface area contributed by atoms with Crippen molar-refractivity contribution in [3.05, 3.63) is 41.7 Å². The number of piperidine rings is 1. The van der Waals surface area contributed by atoms with Crippen molar-refractivity contribution in [2.24, 2.45) is 0 Å². The van der Waals surface area contributed by atoms with Gasteiger partial charge in [-0.1, -0.05) is 17.3 Å². The molecule has 138 valence electrons. The van der Waals surface area contributed by atoms with E-state index in [0.29, 0.717) is 19.6 Å². The molecule has 0 radical (unpaired) electrons. The number of nitrogens with zero attached hydrogens (tertiary/aromatic N) is 4. The second-order valence-electron chi connectivity index (χ2n) is 6.92. The molecular weight excluding hydrogens is 332 g/mol. The molecule has 1 aromatic carbocycles. The number of benzene rings is 1. The van der Waals surface area contributed by atoms with Crippen LogP contribution in [0.1, 0.15) is 36.6 Å². The summed E-state index contributed by atoms with van der Waals surface area (Å²) in [5.41, 5.74) is 2.25. The third-order valence-corrected chi connectivity index (χ3v) is 5.30. The van der Waals surface area contributed by atoms with Crippen molar-refractivity contribution < 1.29 is 14.3 Å². The number of hydrogen-bond donors (Lipinski definition) is 0. The predicted molar refractivity (Wildman–Crippen MR) is 94.8 cm³/mol. The zero-order valence-electron chi connectivity index (χ0n) is 15.0.